The Morgan fingerprint density at radius 1 is 0.225 bits per heavy atom. The van der Waals surface area contributed by atoms with Crippen molar-refractivity contribution in [2.75, 3.05) is 0 Å². The number of fused-ring (bicyclic) bond motifs is 16. The van der Waals surface area contributed by atoms with Gasteiger partial charge in [0.05, 0.1) is 38.5 Å². The first-order valence-corrected chi connectivity index (χ1v) is 24.2. The lowest BCUT2D eigenvalue weighted by Gasteiger charge is -2.11. The van der Waals surface area contributed by atoms with Gasteiger partial charge in [0.2, 0.25) is 0 Å². The average Bonchev–Trinajstić information content (AvgIpc) is 4.24. The van der Waals surface area contributed by atoms with Crippen LogP contribution in [-0.2, 0) is 0 Å². The maximum Gasteiger partial charge on any atom is 0.145 e. The quantitative estimate of drug-likeness (QED) is 0.173. The molecule has 16 aromatic rings. The van der Waals surface area contributed by atoms with E-state index < -0.39 is 0 Å². The third kappa shape index (κ3) is 5.51. The molecule has 11 aromatic carbocycles. The minimum atomic E-state index is 0.873. The lowest BCUT2D eigenvalue weighted by Crippen LogP contribution is -1.97. The molecule has 0 aliphatic heterocycles. The Bertz CT molecular complexity index is 4830. The third-order valence-corrected chi connectivity index (χ3v) is 15.0. The SMILES string of the molecule is c1cc(-c2ccc3oc4c(ccc5c4c4ccccc4n5-c4ccc(-n5c6ccccc6c6ccccc65)cc4)c3c2)cc(-n2c3ccccc3c3cc(-c4ccc5oc6ccccc6c5c4)ccc32)c1. The topological polar surface area (TPSA) is 41.1 Å². The van der Waals surface area contributed by atoms with Crippen LogP contribution in [0.1, 0.15) is 0 Å². The van der Waals surface area contributed by atoms with E-state index in [1.807, 2.05) is 12.1 Å². The van der Waals surface area contributed by atoms with Crippen LogP contribution in [0.5, 0.6) is 0 Å². The highest BCUT2D eigenvalue weighted by Crippen LogP contribution is 2.43. The van der Waals surface area contributed by atoms with Gasteiger partial charge in [-0.05, 0) is 138 Å². The maximum atomic E-state index is 6.89. The van der Waals surface area contributed by atoms with Gasteiger partial charge in [-0.25, -0.2) is 0 Å². The predicted molar refractivity (Wildman–Crippen MR) is 295 cm³/mol. The summed E-state index contributed by atoms with van der Waals surface area (Å²) in [5.41, 5.74) is 18.6. The molecule has 330 valence electrons. The van der Waals surface area contributed by atoms with E-state index >= 15 is 0 Å². The second-order valence-electron chi connectivity index (χ2n) is 18.8. The van der Waals surface area contributed by atoms with E-state index in [4.69, 9.17) is 8.83 Å². The number of para-hydroxylation sites is 5. The van der Waals surface area contributed by atoms with Gasteiger partial charge in [0.25, 0.3) is 0 Å². The number of hydrogen-bond donors (Lipinski definition) is 0. The van der Waals surface area contributed by atoms with Gasteiger partial charge in [-0.2, -0.15) is 0 Å². The molecule has 0 atom stereocenters. The predicted octanol–water partition coefficient (Wildman–Crippen LogP) is 18.1. The summed E-state index contributed by atoms with van der Waals surface area (Å²) in [5.74, 6) is 0. The summed E-state index contributed by atoms with van der Waals surface area (Å²) in [7, 11) is 0. The second-order valence-corrected chi connectivity index (χ2v) is 18.8. The van der Waals surface area contributed by atoms with Crippen molar-refractivity contribution < 1.29 is 8.83 Å². The second kappa shape index (κ2) is 14.5. The van der Waals surface area contributed by atoms with E-state index in [1.165, 1.54) is 54.7 Å². The average molecular weight is 906 g/mol. The molecule has 5 heterocycles. The van der Waals surface area contributed by atoms with Gasteiger partial charge < -0.3 is 22.5 Å². The van der Waals surface area contributed by atoms with E-state index in [2.05, 4.69) is 238 Å². The smallest absolute Gasteiger partial charge is 0.145 e. The molecular formula is C66H39N3O2. The molecular weight excluding hydrogens is 867 g/mol. The van der Waals surface area contributed by atoms with Crippen molar-refractivity contribution in [3.05, 3.63) is 237 Å². The van der Waals surface area contributed by atoms with Crippen molar-refractivity contribution in [2.45, 2.75) is 0 Å². The Morgan fingerprint density at radius 3 is 1.32 bits per heavy atom. The standard InChI is InChI=1S/C66H39N3O2/c1-6-19-56-47(14-1)48-15-2-7-20-57(48)67(56)44-27-29-45(30-28-44)68-59-22-9-4-18-52(59)65-61(68)33-31-51-55-39-42(26-35-64(55)71-66(51)65)40-12-11-13-46(36-40)69-58-21-8-3-16-49(58)53-37-41(24-32-60(53)69)43-25-34-63-54(38-43)50-17-5-10-23-62(50)70-63/h1-39H. The highest BCUT2D eigenvalue weighted by molar-refractivity contribution is 6.24. The summed E-state index contributed by atoms with van der Waals surface area (Å²) >= 11 is 0. The van der Waals surface area contributed by atoms with Crippen molar-refractivity contribution >= 4 is 109 Å². The fourth-order valence-corrected chi connectivity index (χ4v) is 11.9. The van der Waals surface area contributed by atoms with Crippen LogP contribution >= 0.6 is 0 Å². The summed E-state index contributed by atoms with van der Waals surface area (Å²) in [4.78, 5) is 0. The first kappa shape index (κ1) is 38.4. The Kier molecular flexibility index (Phi) is 7.82. The van der Waals surface area contributed by atoms with Crippen LogP contribution in [0.4, 0.5) is 0 Å². The van der Waals surface area contributed by atoms with Crippen LogP contribution in [-0.4, -0.2) is 13.7 Å². The van der Waals surface area contributed by atoms with Crippen LogP contribution in [0.2, 0.25) is 0 Å². The molecule has 0 aliphatic rings. The zero-order chi connectivity index (χ0) is 46.3. The van der Waals surface area contributed by atoms with Crippen molar-refractivity contribution in [1.82, 2.24) is 13.7 Å². The molecule has 16 rings (SSSR count). The van der Waals surface area contributed by atoms with Gasteiger partial charge >= 0.3 is 0 Å². The minimum absolute atomic E-state index is 0.873. The third-order valence-electron chi connectivity index (χ3n) is 15.0. The lowest BCUT2D eigenvalue weighted by molar-refractivity contribution is 0.669. The maximum absolute atomic E-state index is 6.89. The molecule has 0 saturated heterocycles. The molecule has 0 spiro atoms. The summed E-state index contributed by atoms with van der Waals surface area (Å²) in [6.45, 7) is 0. The molecule has 0 N–H and O–H groups in total. The lowest BCUT2D eigenvalue weighted by atomic mass is 10.0. The van der Waals surface area contributed by atoms with E-state index in [0.29, 0.717) is 0 Å². The molecule has 0 unspecified atom stereocenters. The van der Waals surface area contributed by atoms with Crippen LogP contribution in [0.25, 0.3) is 149 Å². The number of rotatable bonds is 5. The molecule has 0 bridgehead atoms. The zero-order valence-electron chi connectivity index (χ0n) is 38.2. The Balaban J connectivity index is 0.791. The van der Waals surface area contributed by atoms with Gasteiger partial charge in [-0.3, -0.25) is 0 Å². The van der Waals surface area contributed by atoms with Crippen LogP contribution < -0.4 is 0 Å². The molecule has 5 heteroatoms. The monoisotopic (exact) mass is 905 g/mol. The number of benzene rings is 11. The highest BCUT2D eigenvalue weighted by Gasteiger charge is 2.21. The number of hydrogen-bond acceptors (Lipinski definition) is 2. The normalized spacial score (nSPS) is 12.2. The fourth-order valence-electron chi connectivity index (χ4n) is 11.9. The van der Waals surface area contributed by atoms with E-state index in [-0.39, 0.29) is 0 Å². The number of furan rings is 2. The van der Waals surface area contributed by atoms with Crippen molar-refractivity contribution in [3.63, 3.8) is 0 Å². The van der Waals surface area contributed by atoms with Gasteiger partial charge in [-0.1, -0.05) is 121 Å². The molecule has 0 amide bonds. The van der Waals surface area contributed by atoms with E-state index in [9.17, 15) is 0 Å². The first-order valence-electron chi connectivity index (χ1n) is 24.2. The van der Waals surface area contributed by atoms with E-state index in [0.717, 1.165) is 93.9 Å². The Hall–Kier alpha value is -9.58. The van der Waals surface area contributed by atoms with E-state index in [1.54, 1.807) is 0 Å². The van der Waals surface area contributed by atoms with Crippen molar-refractivity contribution in [2.24, 2.45) is 0 Å². The summed E-state index contributed by atoms with van der Waals surface area (Å²) in [6, 6.07) is 85.5. The summed E-state index contributed by atoms with van der Waals surface area (Å²) < 4.78 is 20.2. The summed E-state index contributed by atoms with van der Waals surface area (Å²) in [6.07, 6.45) is 0. The molecule has 0 radical (unpaired) electrons. The number of aromatic nitrogens is 3. The fraction of sp³-hybridized carbons (Fsp3) is 0. The molecule has 0 fully saturated rings. The molecule has 5 nitrogen and oxygen atoms in total. The molecule has 5 aromatic heterocycles. The minimum Gasteiger partial charge on any atom is -0.456 e. The Labute approximate surface area is 405 Å². The molecule has 0 saturated carbocycles. The van der Waals surface area contributed by atoms with Crippen molar-refractivity contribution in [1.29, 1.82) is 0 Å². The zero-order valence-corrected chi connectivity index (χ0v) is 38.2. The number of nitrogens with zero attached hydrogens (tertiary/aromatic N) is 3. The van der Waals surface area contributed by atoms with Crippen LogP contribution in [0.15, 0.2) is 245 Å². The Morgan fingerprint density at radius 2 is 0.662 bits per heavy atom. The molecule has 0 aliphatic carbocycles. The van der Waals surface area contributed by atoms with Gasteiger partial charge in [0, 0.05) is 65.5 Å². The first-order chi connectivity index (χ1) is 35.2. The largest absolute Gasteiger partial charge is 0.456 e. The van der Waals surface area contributed by atoms with Gasteiger partial charge in [0.15, 0.2) is 0 Å². The van der Waals surface area contributed by atoms with Gasteiger partial charge in [0.1, 0.15) is 22.3 Å². The van der Waals surface area contributed by atoms with Gasteiger partial charge in [-0.15, -0.1) is 0 Å². The van der Waals surface area contributed by atoms with Crippen LogP contribution in [0.3, 0.4) is 0 Å². The van der Waals surface area contributed by atoms with Crippen LogP contribution in [0, 0.1) is 0 Å². The van der Waals surface area contributed by atoms with Crippen molar-refractivity contribution in [3.8, 4) is 39.3 Å². The molecule has 71 heavy (non-hydrogen) atoms. The highest BCUT2D eigenvalue weighted by atomic mass is 16.3. The summed E-state index contributed by atoms with van der Waals surface area (Å²) in [5, 5.41) is 11.7.